The molecule has 4 rings (SSSR count). The largest absolute Gasteiger partial charge is 0.452 e. The highest BCUT2D eigenvalue weighted by atomic mass is 16.5. The Balaban J connectivity index is 1.57. The maximum Gasteiger partial charge on any atom is 0.359 e. The Hall–Kier alpha value is -3.74. The van der Waals surface area contributed by atoms with E-state index in [-0.39, 0.29) is 11.5 Å². The van der Waals surface area contributed by atoms with Crippen molar-refractivity contribution in [2.75, 3.05) is 6.61 Å². The lowest BCUT2D eigenvalue weighted by molar-refractivity contribution is 0.0470. The van der Waals surface area contributed by atoms with Gasteiger partial charge in [0, 0.05) is 28.0 Å². The summed E-state index contributed by atoms with van der Waals surface area (Å²) in [4.78, 5) is 39.5. The zero-order chi connectivity index (χ0) is 18.1. The Bertz CT molecular complexity index is 1210. The summed E-state index contributed by atoms with van der Waals surface area (Å²) in [6, 6.07) is 13.9. The number of nitrogens with zero attached hydrogens (tertiary/aromatic N) is 1. The highest BCUT2D eigenvalue weighted by molar-refractivity contribution is 6.09. The molecule has 4 aromatic rings. The first-order valence-corrected chi connectivity index (χ1v) is 7.89. The lowest BCUT2D eigenvalue weighted by Gasteiger charge is -2.05. The first kappa shape index (κ1) is 15.8. The molecule has 128 valence electrons. The monoisotopic (exact) mass is 347 g/mol. The Morgan fingerprint density at radius 2 is 1.65 bits per heavy atom. The molecule has 2 aromatic carbocycles. The van der Waals surface area contributed by atoms with E-state index in [2.05, 4.69) is 15.2 Å². The molecule has 0 radical (unpaired) electrons. The number of aromatic amines is 2. The molecule has 0 atom stereocenters. The molecule has 0 fully saturated rings. The summed E-state index contributed by atoms with van der Waals surface area (Å²) in [6.07, 6.45) is 1.59. The second kappa shape index (κ2) is 6.29. The third kappa shape index (κ3) is 2.65. The van der Waals surface area contributed by atoms with Crippen molar-refractivity contribution in [3.63, 3.8) is 0 Å². The lowest BCUT2D eigenvalue weighted by Crippen LogP contribution is -2.18. The number of para-hydroxylation sites is 1. The van der Waals surface area contributed by atoms with E-state index in [9.17, 15) is 14.4 Å². The first-order valence-electron chi connectivity index (χ1n) is 7.89. The molecule has 0 unspecified atom stereocenters. The van der Waals surface area contributed by atoms with Gasteiger partial charge in [0.1, 0.15) is 0 Å². The van der Waals surface area contributed by atoms with Crippen LogP contribution in [0.3, 0.4) is 0 Å². The zero-order valence-electron chi connectivity index (χ0n) is 13.5. The molecule has 2 heterocycles. The zero-order valence-corrected chi connectivity index (χ0v) is 13.5. The second-order valence-corrected chi connectivity index (χ2v) is 5.69. The van der Waals surface area contributed by atoms with Crippen molar-refractivity contribution in [2.24, 2.45) is 0 Å². The highest BCUT2D eigenvalue weighted by Crippen LogP contribution is 2.19. The Kier molecular flexibility index (Phi) is 3.81. The van der Waals surface area contributed by atoms with Gasteiger partial charge < -0.3 is 9.72 Å². The molecule has 0 bridgehead atoms. The lowest BCUT2D eigenvalue weighted by atomic mass is 10.1. The first-order chi connectivity index (χ1) is 12.6. The maximum atomic E-state index is 12.4. The molecule has 7 heteroatoms. The number of hydrogen-bond donors (Lipinski definition) is 2. The van der Waals surface area contributed by atoms with Gasteiger partial charge in [-0.1, -0.05) is 36.4 Å². The summed E-state index contributed by atoms with van der Waals surface area (Å²) in [5.41, 5.74) is 0.849. The summed E-state index contributed by atoms with van der Waals surface area (Å²) < 4.78 is 5.12. The van der Waals surface area contributed by atoms with Crippen molar-refractivity contribution in [3.05, 3.63) is 76.3 Å². The minimum Gasteiger partial charge on any atom is -0.452 e. The third-order valence-corrected chi connectivity index (χ3v) is 4.11. The third-order valence-electron chi connectivity index (χ3n) is 4.11. The Morgan fingerprint density at radius 1 is 0.962 bits per heavy atom. The minimum atomic E-state index is -0.773. The van der Waals surface area contributed by atoms with Gasteiger partial charge in [-0.3, -0.25) is 9.59 Å². The number of esters is 1. The van der Waals surface area contributed by atoms with Gasteiger partial charge in [0.25, 0.3) is 5.56 Å². The molecule has 26 heavy (non-hydrogen) atoms. The predicted molar refractivity (Wildman–Crippen MR) is 95.3 cm³/mol. The van der Waals surface area contributed by atoms with Crippen LogP contribution >= 0.6 is 0 Å². The number of fused-ring (bicyclic) bond motifs is 2. The van der Waals surface area contributed by atoms with Crippen LogP contribution in [0.1, 0.15) is 20.8 Å². The van der Waals surface area contributed by atoms with Crippen LogP contribution in [-0.2, 0) is 4.74 Å². The number of carbonyl (C=O) groups is 2. The number of ketones is 1. The number of benzene rings is 2. The van der Waals surface area contributed by atoms with E-state index in [1.54, 1.807) is 30.5 Å². The maximum absolute atomic E-state index is 12.4. The van der Waals surface area contributed by atoms with Crippen LogP contribution in [-0.4, -0.2) is 33.5 Å². The molecular formula is C19H13N3O4. The van der Waals surface area contributed by atoms with Crippen molar-refractivity contribution in [3.8, 4) is 0 Å². The van der Waals surface area contributed by atoms with Gasteiger partial charge >= 0.3 is 5.97 Å². The van der Waals surface area contributed by atoms with Crippen LogP contribution in [0.2, 0.25) is 0 Å². The van der Waals surface area contributed by atoms with Gasteiger partial charge in [-0.25, -0.2) is 9.89 Å². The SMILES string of the molecule is O=C(COC(=O)c1n[nH]c(=O)c2ccccc12)c1c[nH]c2ccccc12. The van der Waals surface area contributed by atoms with Crippen molar-refractivity contribution in [2.45, 2.75) is 0 Å². The fourth-order valence-electron chi connectivity index (χ4n) is 2.85. The van der Waals surface area contributed by atoms with E-state index in [1.165, 1.54) is 0 Å². The summed E-state index contributed by atoms with van der Waals surface area (Å²) >= 11 is 0. The van der Waals surface area contributed by atoms with Gasteiger partial charge in [-0.2, -0.15) is 5.10 Å². The molecule has 0 spiro atoms. The highest BCUT2D eigenvalue weighted by Gasteiger charge is 2.18. The minimum absolute atomic E-state index is 0.0353. The average Bonchev–Trinajstić information content (AvgIpc) is 3.10. The molecule has 2 N–H and O–H groups in total. The molecule has 2 aromatic heterocycles. The fourth-order valence-corrected chi connectivity index (χ4v) is 2.85. The fraction of sp³-hybridized carbons (Fsp3) is 0.0526. The number of Topliss-reactive ketones (excluding diaryl/α,β-unsaturated/α-hetero) is 1. The van der Waals surface area contributed by atoms with E-state index >= 15 is 0 Å². The van der Waals surface area contributed by atoms with Crippen LogP contribution < -0.4 is 5.56 Å². The van der Waals surface area contributed by atoms with Crippen LogP contribution in [0.25, 0.3) is 21.7 Å². The topological polar surface area (TPSA) is 105 Å². The number of ether oxygens (including phenoxy) is 1. The van der Waals surface area contributed by atoms with E-state index in [4.69, 9.17) is 4.74 Å². The van der Waals surface area contributed by atoms with Crippen LogP contribution in [0, 0.1) is 0 Å². The molecule has 7 nitrogen and oxygen atoms in total. The van der Waals surface area contributed by atoms with Crippen molar-refractivity contribution >= 4 is 33.4 Å². The number of aromatic nitrogens is 3. The van der Waals surface area contributed by atoms with Gasteiger partial charge in [-0.05, 0) is 12.1 Å². The number of carbonyl (C=O) groups excluding carboxylic acids is 2. The second-order valence-electron chi connectivity index (χ2n) is 5.69. The van der Waals surface area contributed by atoms with E-state index in [1.807, 2.05) is 24.3 Å². The van der Waals surface area contributed by atoms with E-state index in [0.29, 0.717) is 16.3 Å². The van der Waals surface area contributed by atoms with Crippen LogP contribution in [0.15, 0.2) is 59.5 Å². The normalized spacial score (nSPS) is 10.9. The average molecular weight is 347 g/mol. The van der Waals surface area contributed by atoms with Crippen molar-refractivity contribution < 1.29 is 14.3 Å². The van der Waals surface area contributed by atoms with Gasteiger partial charge in [-0.15, -0.1) is 0 Å². The molecule has 0 aliphatic heterocycles. The van der Waals surface area contributed by atoms with Crippen LogP contribution in [0.5, 0.6) is 0 Å². The number of hydrogen-bond acceptors (Lipinski definition) is 5. The van der Waals surface area contributed by atoms with E-state index in [0.717, 1.165) is 10.9 Å². The smallest absolute Gasteiger partial charge is 0.359 e. The van der Waals surface area contributed by atoms with Crippen molar-refractivity contribution in [1.82, 2.24) is 15.2 Å². The Labute approximate surface area is 146 Å². The number of rotatable bonds is 4. The standard InChI is InChI=1S/C19H13N3O4/c23-16(14-9-20-15-8-4-3-5-11(14)15)10-26-19(25)17-12-6-1-2-7-13(12)18(24)22-21-17/h1-9,20H,10H2,(H,22,24). The van der Waals surface area contributed by atoms with Gasteiger partial charge in [0.2, 0.25) is 5.78 Å². The quantitative estimate of drug-likeness (QED) is 0.436. The molecule has 0 saturated heterocycles. The molecule has 0 aliphatic rings. The van der Waals surface area contributed by atoms with Gasteiger partial charge in [0.05, 0.1) is 5.39 Å². The molecule has 0 aliphatic carbocycles. The number of H-pyrrole nitrogens is 2. The molecular weight excluding hydrogens is 334 g/mol. The molecule has 0 amide bonds. The van der Waals surface area contributed by atoms with E-state index < -0.39 is 18.1 Å². The molecule has 0 saturated carbocycles. The Morgan fingerprint density at radius 3 is 2.46 bits per heavy atom. The van der Waals surface area contributed by atoms with Crippen LogP contribution in [0.4, 0.5) is 0 Å². The van der Waals surface area contributed by atoms with Gasteiger partial charge in [0.15, 0.2) is 12.3 Å². The van der Waals surface area contributed by atoms with Crippen molar-refractivity contribution in [1.29, 1.82) is 0 Å². The summed E-state index contributed by atoms with van der Waals surface area (Å²) in [5, 5.41) is 7.51. The summed E-state index contributed by atoms with van der Waals surface area (Å²) in [5.74, 6) is -1.10. The predicted octanol–water partition coefficient (Wildman–Crippen LogP) is 2.44. The number of nitrogens with one attached hydrogen (secondary N) is 2. The summed E-state index contributed by atoms with van der Waals surface area (Å²) in [7, 11) is 0. The summed E-state index contributed by atoms with van der Waals surface area (Å²) in [6.45, 7) is -0.421.